The highest BCUT2D eigenvalue weighted by Crippen LogP contribution is 2.37. The maximum atomic E-state index is 13.8. The van der Waals surface area contributed by atoms with Crippen LogP contribution in [-0.2, 0) is 85.5 Å². The molecule has 0 aromatic rings. The first kappa shape index (κ1) is 93.5. The lowest BCUT2D eigenvalue weighted by atomic mass is 9.97. The molecular formula is C66H119N10O28P. The number of ether oxygens (including phenoxy) is 6. The molecule has 0 radical (unpaired) electrons. The zero-order valence-electron chi connectivity index (χ0n) is 61.1. The van der Waals surface area contributed by atoms with Crippen molar-refractivity contribution in [1.82, 2.24) is 52.3 Å². The zero-order valence-corrected chi connectivity index (χ0v) is 62.0. The van der Waals surface area contributed by atoms with Gasteiger partial charge in [-0.15, -0.1) is 0 Å². The van der Waals surface area contributed by atoms with Gasteiger partial charge in [-0.25, -0.2) is 0 Å². The lowest BCUT2D eigenvalue weighted by Crippen LogP contribution is -2.64. The van der Waals surface area contributed by atoms with Crippen LogP contribution in [0.5, 0.6) is 0 Å². The lowest BCUT2D eigenvalue weighted by molar-refractivity contribution is -0.270. The minimum atomic E-state index is -3.09. The molecule has 39 heteroatoms. The molecule has 105 heavy (non-hydrogen) atoms. The molecule has 3 rings (SSSR count). The maximum absolute atomic E-state index is 13.8. The van der Waals surface area contributed by atoms with Crippen LogP contribution in [0.3, 0.4) is 0 Å². The number of aliphatic hydroxyl groups is 10. The van der Waals surface area contributed by atoms with E-state index in [4.69, 9.17) is 32.9 Å². The summed E-state index contributed by atoms with van der Waals surface area (Å²) in [6, 6.07) is -3.30. The summed E-state index contributed by atoms with van der Waals surface area (Å²) in [6.07, 6.45) is -12.2. The molecule has 0 aromatic carbocycles. The largest absolute Gasteiger partial charge is 0.394 e. The molecule has 0 aliphatic carbocycles. The van der Waals surface area contributed by atoms with Gasteiger partial charge in [-0.2, -0.15) is 0 Å². The molecule has 0 aromatic heterocycles. The number of carbonyl (C=O) groups is 10. The van der Waals surface area contributed by atoms with Crippen LogP contribution in [0.2, 0.25) is 0 Å². The fourth-order valence-corrected chi connectivity index (χ4v) is 11.9. The predicted octanol–water partition coefficient (Wildman–Crippen LogP) is -5.57. The van der Waals surface area contributed by atoms with Crippen LogP contribution in [0, 0.1) is 0 Å². The van der Waals surface area contributed by atoms with E-state index in [1.54, 1.807) is 4.90 Å². The molecular weight excluding hydrogens is 1410 g/mol. The lowest BCUT2D eigenvalue weighted by Gasteiger charge is -2.42. The predicted molar refractivity (Wildman–Crippen MR) is 371 cm³/mol. The van der Waals surface area contributed by atoms with Crippen molar-refractivity contribution in [3.8, 4) is 0 Å². The van der Waals surface area contributed by atoms with Gasteiger partial charge in [0.05, 0.1) is 26.4 Å². The molecule has 0 spiro atoms. The monoisotopic (exact) mass is 1530 g/mol. The summed E-state index contributed by atoms with van der Waals surface area (Å²) < 4.78 is 51.3. The Bertz CT molecular complexity index is 2680. The summed E-state index contributed by atoms with van der Waals surface area (Å²) in [5, 5.41) is 123. The van der Waals surface area contributed by atoms with Crippen molar-refractivity contribution in [2.75, 3.05) is 118 Å². The molecule has 606 valence electrons. The highest BCUT2D eigenvalue weighted by Gasteiger charge is 2.48. The van der Waals surface area contributed by atoms with E-state index in [2.05, 4.69) is 42.5 Å². The number of aliphatic hydroxyl groups excluding tert-OH is 10. The molecule has 3 saturated heterocycles. The second kappa shape index (κ2) is 51.6. The molecule has 10 amide bonds. The van der Waals surface area contributed by atoms with Crippen molar-refractivity contribution < 1.29 is 137 Å². The Morgan fingerprint density at radius 2 is 0.686 bits per heavy atom. The Morgan fingerprint density at radius 3 is 1.00 bits per heavy atom. The third-order valence-corrected chi connectivity index (χ3v) is 17.9. The summed E-state index contributed by atoms with van der Waals surface area (Å²) in [7, 11) is -3.09. The van der Waals surface area contributed by atoms with Gasteiger partial charge in [0.25, 0.3) is 5.91 Å². The summed E-state index contributed by atoms with van der Waals surface area (Å²) in [5.74, 6) is -3.88. The number of nitrogens with one attached hydrogen (secondary N) is 8. The minimum absolute atomic E-state index is 0.0372. The second-order valence-electron chi connectivity index (χ2n) is 26.5. The first-order valence-corrected chi connectivity index (χ1v) is 38.7. The van der Waals surface area contributed by atoms with E-state index in [-0.39, 0.29) is 166 Å². The van der Waals surface area contributed by atoms with Crippen molar-refractivity contribution in [3.63, 3.8) is 0 Å². The number of unbranched alkanes of at least 4 members (excludes halogenated alkanes) is 4. The second-order valence-corrected chi connectivity index (χ2v) is 29.3. The summed E-state index contributed by atoms with van der Waals surface area (Å²) in [5.41, 5.74) is 0. The number of hydrogen-bond acceptors (Lipinski definition) is 28. The Balaban J connectivity index is 1.49. The smallest absolute Gasteiger partial charge is 0.253 e. The van der Waals surface area contributed by atoms with Crippen LogP contribution < -0.4 is 42.5 Å². The molecule has 18 N–H and O–H groups in total. The van der Waals surface area contributed by atoms with E-state index in [1.807, 2.05) is 0 Å². The molecule has 16 unspecified atom stereocenters. The summed E-state index contributed by atoms with van der Waals surface area (Å²) in [4.78, 5) is 129. The van der Waals surface area contributed by atoms with Crippen molar-refractivity contribution in [2.24, 2.45) is 0 Å². The maximum Gasteiger partial charge on any atom is 0.253 e. The molecule has 16 atom stereocenters. The van der Waals surface area contributed by atoms with Crippen molar-refractivity contribution in [3.05, 3.63) is 0 Å². The van der Waals surface area contributed by atoms with Crippen molar-refractivity contribution in [1.29, 1.82) is 0 Å². The SMILES string of the molecule is CC(=O)NC1C(OCCCCC(=O)NCCCC(=O)NCCCN(CCCCN(CCCNC(=O)CCCNC(=O)CCCCOC2OC(CO)C(O)C(O)C2NC(C)=O)C(=O)C(O)COP(C)(C)=O)C(=O)CCCNC(=O)CCCCOC2OC(CO)C(O)C(O)C2NC(C)=O)OC(CO)C(O)C1O. The van der Waals surface area contributed by atoms with E-state index in [1.165, 1.54) is 39.0 Å². The number of nitrogens with zero attached hydrogens (tertiary/aromatic N) is 2. The number of rotatable bonds is 53. The Labute approximate surface area is 612 Å². The zero-order chi connectivity index (χ0) is 78.0. The Morgan fingerprint density at radius 1 is 0.400 bits per heavy atom. The van der Waals surface area contributed by atoms with E-state index in [0.29, 0.717) is 70.6 Å². The number of carbonyl (C=O) groups excluding carboxylic acids is 10. The molecule has 3 aliphatic rings. The van der Waals surface area contributed by atoms with Gasteiger partial charge in [-0.05, 0) is 83.5 Å². The van der Waals surface area contributed by atoms with E-state index in [0.717, 1.165) is 0 Å². The fraction of sp³-hybridized carbons (Fsp3) is 0.848. The normalized spacial score (nSPS) is 24.8. The quantitative estimate of drug-likeness (QED) is 0.0199. The van der Waals surface area contributed by atoms with Crippen LogP contribution in [0.15, 0.2) is 0 Å². The van der Waals surface area contributed by atoms with Crippen LogP contribution in [0.4, 0.5) is 0 Å². The number of hydrogen-bond donors (Lipinski definition) is 18. The highest BCUT2D eigenvalue weighted by atomic mass is 31.2. The van der Waals surface area contributed by atoms with Crippen molar-refractivity contribution >= 4 is 66.4 Å². The van der Waals surface area contributed by atoms with Gasteiger partial charge in [0.2, 0.25) is 53.2 Å². The van der Waals surface area contributed by atoms with E-state index >= 15 is 0 Å². The standard InChI is InChI=1S/C66H119N10O28P/c1-41(80)72-54-60(93)57(90)45(37-77)102-64(54)98-34-11-6-19-48(84)67-25-14-22-51(87)70-28-17-32-75(53(89)24-16-27-69-50(86)21-8-13-36-100-66-56(74-43(3)82)62(95)59(92)47(39-79)104-66)30-9-10-31-76(63(96)44(83)40-101-105(4,5)97)33-18-29-71-52(88)23-15-26-68-49(85)20-7-12-35-99-65-55(73-42(2)81)61(94)58(91)46(38-78)103-65/h44-47,54-62,64-66,77-79,83,90-95H,6-40H2,1-5H3,(H,67,84)(H,68,85)(H,69,86)(H,70,87)(H,71,88)(H,72,80)(H,73,81)(H,74,82). The summed E-state index contributed by atoms with van der Waals surface area (Å²) in [6.45, 7) is 5.77. The third kappa shape index (κ3) is 37.3. The van der Waals surface area contributed by atoms with Crippen LogP contribution in [-0.4, -0.2) is 336 Å². The van der Waals surface area contributed by atoms with Gasteiger partial charge in [0.1, 0.15) is 73.1 Å². The highest BCUT2D eigenvalue weighted by molar-refractivity contribution is 7.57. The van der Waals surface area contributed by atoms with E-state index in [9.17, 15) is 104 Å². The molecule has 3 heterocycles. The Kier molecular flexibility index (Phi) is 45.9. The first-order valence-electron chi connectivity index (χ1n) is 36.2. The van der Waals surface area contributed by atoms with Gasteiger partial charge in [-0.1, -0.05) is 0 Å². The van der Waals surface area contributed by atoms with Gasteiger partial charge in [0, 0.05) is 151 Å². The number of amides is 10. The average molecular weight is 1530 g/mol. The molecule has 38 nitrogen and oxygen atoms in total. The van der Waals surface area contributed by atoms with Crippen molar-refractivity contribution in [2.45, 2.75) is 241 Å². The van der Waals surface area contributed by atoms with Crippen LogP contribution in [0.25, 0.3) is 0 Å². The summed E-state index contributed by atoms with van der Waals surface area (Å²) >= 11 is 0. The van der Waals surface area contributed by atoms with Crippen LogP contribution in [0.1, 0.15) is 143 Å². The molecule has 0 bridgehead atoms. The average Bonchev–Trinajstić information content (AvgIpc) is 0.820. The first-order chi connectivity index (χ1) is 49.9. The fourth-order valence-electron chi connectivity index (χ4n) is 11.4. The van der Waals surface area contributed by atoms with Crippen LogP contribution >= 0.6 is 7.37 Å². The van der Waals surface area contributed by atoms with Gasteiger partial charge >= 0.3 is 0 Å². The third-order valence-electron chi connectivity index (χ3n) is 17.1. The Hall–Kier alpha value is -5.75. The van der Waals surface area contributed by atoms with Gasteiger partial charge < -0.3 is 136 Å². The molecule has 3 fully saturated rings. The molecule has 0 saturated carbocycles. The molecule has 3 aliphatic heterocycles. The van der Waals surface area contributed by atoms with E-state index < -0.39 is 155 Å². The topological polar surface area (TPSA) is 557 Å². The minimum Gasteiger partial charge on any atom is -0.394 e. The van der Waals surface area contributed by atoms with Gasteiger partial charge in [0.15, 0.2) is 32.3 Å². The van der Waals surface area contributed by atoms with Gasteiger partial charge in [-0.3, -0.25) is 52.5 Å².